The number of hydrogen-bond acceptors (Lipinski definition) is 6. The smallest absolute Gasteiger partial charge is 0.315 e. The summed E-state index contributed by atoms with van der Waals surface area (Å²) in [7, 11) is 0. The normalized spacial score (nSPS) is 40.7. The van der Waals surface area contributed by atoms with Crippen LogP contribution >= 0.6 is 0 Å². The molecule has 0 aromatic carbocycles. The maximum atomic E-state index is 13.6. The first-order chi connectivity index (χ1) is 28.2. The molecule has 0 bridgehead atoms. The molecule has 1 saturated heterocycles. The number of ether oxygens (including phenoxy) is 2. The molecule has 0 spiro atoms. The second-order valence-corrected chi connectivity index (χ2v) is 22.4. The van der Waals surface area contributed by atoms with Crippen LogP contribution in [0.4, 0.5) is 0 Å². The van der Waals surface area contributed by atoms with E-state index in [9.17, 15) is 4.79 Å². The molecule has 0 radical (unpaired) electrons. The fraction of sp³-hybridized carbons (Fsp3) is 0.774. The number of carbonyl (C=O) groups excluding carboxylic acids is 1. The molecule has 8 rings (SSSR count). The monoisotopic (exact) mass is 808 g/mol. The van der Waals surface area contributed by atoms with E-state index >= 15 is 0 Å². The minimum Gasteiger partial charge on any atom is -0.491 e. The molecule has 0 amide bonds. The summed E-state index contributed by atoms with van der Waals surface area (Å²) in [4.78, 5) is 20.5. The number of allylic oxidation sites excluding steroid dienone is 5. The fourth-order valence-corrected chi connectivity index (χ4v) is 16.1. The summed E-state index contributed by atoms with van der Waals surface area (Å²) in [6.45, 7) is 30.4. The summed E-state index contributed by atoms with van der Waals surface area (Å²) in [5, 5.41) is 4.39. The highest BCUT2D eigenvalue weighted by molar-refractivity contribution is 5.78. The lowest BCUT2D eigenvalue weighted by molar-refractivity contribution is -0.221. The van der Waals surface area contributed by atoms with Gasteiger partial charge in [-0.2, -0.15) is 0 Å². The Morgan fingerprint density at radius 3 is 2.39 bits per heavy atom. The maximum Gasteiger partial charge on any atom is 0.315 e. The predicted octanol–water partition coefficient (Wildman–Crippen LogP) is 11.8. The third-order valence-electron chi connectivity index (χ3n) is 19.6. The zero-order valence-electron chi connectivity index (χ0n) is 38.6. The first-order valence-corrected chi connectivity index (χ1v) is 24.4. The second kappa shape index (κ2) is 16.4. The average Bonchev–Trinajstić information content (AvgIpc) is 3.61. The zero-order valence-corrected chi connectivity index (χ0v) is 38.6. The lowest BCUT2D eigenvalue weighted by atomic mass is 9.33. The Balaban J connectivity index is 1.01. The van der Waals surface area contributed by atoms with Crippen LogP contribution in [0.1, 0.15) is 152 Å². The number of aromatic nitrogens is 1. The first kappa shape index (κ1) is 43.2. The van der Waals surface area contributed by atoms with Crippen LogP contribution in [-0.4, -0.2) is 60.8 Å². The molecule has 1 N–H and O–H groups in total. The van der Waals surface area contributed by atoms with E-state index in [2.05, 4.69) is 82.4 Å². The topological polar surface area (TPSA) is 63.7 Å². The SMILES string of the molecule is C=C(C)[C@@H]1CC[C@]2(NCCN3CCC(CC)CC3)CC[C@]3(C)[C@H](CC[C@@H]4[C@@]5(C)CC=C(C6=CCC(COc7cccnc7)(C(=O)OCC)CC6)C(C)(C)[C@@H]5CC[C@]43C)[C@@H]12. The quantitative estimate of drug-likeness (QED) is 0.168. The van der Waals surface area contributed by atoms with E-state index in [0.29, 0.717) is 54.0 Å². The number of carbonyl (C=O) groups is 1. The number of nitrogens with one attached hydrogen (secondary N) is 1. The summed E-state index contributed by atoms with van der Waals surface area (Å²) >= 11 is 0. The van der Waals surface area contributed by atoms with Gasteiger partial charge in [-0.05, 0) is 197 Å². The number of rotatable bonds is 12. The van der Waals surface area contributed by atoms with Crippen molar-refractivity contribution in [2.75, 3.05) is 39.4 Å². The third-order valence-corrected chi connectivity index (χ3v) is 19.6. The minimum atomic E-state index is -0.675. The van der Waals surface area contributed by atoms with Crippen LogP contribution in [0.15, 0.2) is 60.0 Å². The van der Waals surface area contributed by atoms with Crippen molar-refractivity contribution in [2.24, 2.45) is 62.6 Å². The van der Waals surface area contributed by atoms with Gasteiger partial charge in [0.25, 0.3) is 0 Å². The van der Waals surface area contributed by atoms with Gasteiger partial charge in [-0.1, -0.05) is 72.3 Å². The minimum absolute atomic E-state index is 0.0714. The summed E-state index contributed by atoms with van der Waals surface area (Å²) in [6, 6.07) is 3.79. The first-order valence-electron chi connectivity index (χ1n) is 24.4. The highest BCUT2D eigenvalue weighted by Crippen LogP contribution is 2.76. The number of piperidine rings is 1. The number of esters is 1. The van der Waals surface area contributed by atoms with E-state index in [1.54, 1.807) is 18.0 Å². The Morgan fingerprint density at radius 2 is 1.71 bits per heavy atom. The largest absolute Gasteiger partial charge is 0.491 e. The molecule has 1 aliphatic heterocycles. The lowest BCUT2D eigenvalue weighted by Crippen LogP contribution is -2.68. The van der Waals surface area contributed by atoms with Crippen molar-refractivity contribution in [2.45, 2.75) is 157 Å². The van der Waals surface area contributed by atoms with Gasteiger partial charge in [0, 0.05) is 24.8 Å². The van der Waals surface area contributed by atoms with Crippen molar-refractivity contribution in [3.05, 3.63) is 60.0 Å². The van der Waals surface area contributed by atoms with Gasteiger partial charge in [0.2, 0.25) is 0 Å². The Labute approximate surface area is 359 Å². The molecule has 5 fully saturated rings. The van der Waals surface area contributed by atoms with E-state index in [-0.39, 0.29) is 22.3 Å². The van der Waals surface area contributed by atoms with Crippen LogP contribution in [-0.2, 0) is 9.53 Å². The summed E-state index contributed by atoms with van der Waals surface area (Å²) in [5.41, 5.74) is 5.06. The van der Waals surface area contributed by atoms with Crippen molar-refractivity contribution in [1.29, 1.82) is 0 Å². The molecule has 1 unspecified atom stereocenters. The molecule has 4 saturated carbocycles. The van der Waals surface area contributed by atoms with Crippen LogP contribution in [0.5, 0.6) is 5.75 Å². The molecule has 1 aromatic heterocycles. The Bertz CT molecular complexity index is 1760. The van der Waals surface area contributed by atoms with Gasteiger partial charge in [0.15, 0.2) is 0 Å². The number of nitrogens with zero attached hydrogens (tertiary/aromatic N) is 2. The number of pyridine rings is 1. The molecular formula is C53H81N3O3. The van der Waals surface area contributed by atoms with E-state index < -0.39 is 5.41 Å². The average molecular weight is 808 g/mol. The molecule has 2 heterocycles. The second-order valence-electron chi connectivity index (χ2n) is 22.4. The summed E-state index contributed by atoms with van der Waals surface area (Å²) < 4.78 is 11.9. The maximum absolute atomic E-state index is 13.6. The van der Waals surface area contributed by atoms with Gasteiger partial charge in [0.1, 0.15) is 17.8 Å². The molecule has 59 heavy (non-hydrogen) atoms. The highest BCUT2D eigenvalue weighted by Gasteiger charge is 2.70. The van der Waals surface area contributed by atoms with Gasteiger partial charge in [0.05, 0.1) is 12.8 Å². The van der Waals surface area contributed by atoms with Crippen LogP contribution in [0.3, 0.4) is 0 Å². The van der Waals surface area contributed by atoms with Crippen molar-refractivity contribution < 1.29 is 14.3 Å². The zero-order chi connectivity index (χ0) is 41.8. The molecular weight excluding hydrogens is 727 g/mol. The summed E-state index contributed by atoms with van der Waals surface area (Å²) in [5.74, 6) is 4.98. The summed E-state index contributed by atoms with van der Waals surface area (Å²) in [6.07, 6.45) is 26.8. The molecule has 6 aliphatic carbocycles. The van der Waals surface area contributed by atoms with Gasteiger partial charge in [-0.15, -0.1) is 0 Å². The molecule has 6 heteroatoms. The van der Waals surface area contributed by atoms with Crippen molar-refractivity contribution in [3.8, 4) is 5.75 Å². The van der Waals surface area contributed by atoms with E-state index in [0.717, 1.165) is 37.1 Å². The van der Waals surface area contributed by atoms with Gasteiger partial charge >= 0.3 is 5.97 Å². The molecule has 6 nitrogen and oxygen atoms in total. The lowest BCUT2D eigenvalue weighted by Gasteiger charge is -2.72. The van der Waals surface area contributed by atoms with Gasteiger partial charge < -0.3 is 19.7 Å². The van der Waals surface area contributed by atoms with Crippen molar-refractivity contribution in [1.82, 2.24) is 15.2 Å². The standard InChI is InChI=1S/C53H81N3O3/c1-10-38-21-32-56(33-22-38)34-31-55-53-27-18-41(37(3)4)46(53)43-14-15-45-49(7)23-19-42(48(5,6)44(49)20-24-51(45,9)50(43,8)28-29-53)39-16-25-52(26-17-39,47(57)58-11-2)36-59-40-13-12-30-54-35-40/h12-13,16,19,30,35,38,41,43-46,55H,3,10-11,14-15,17-18,20-29,31-34,36H2,1-2,4-9H3/t41-,43+,44-,45+,46+,49-,50+,51+,52?,53-/m0/s1. The molecule has 326 valence electrons. The highest BCUT2D eigenvalue weighted by atomic mass is 16.5. The Morgan fingerprint density at radius 1 is 0.915 bits per heavy atom. The number of hydrogen-bond donors (Lipinski definition) is 1. The third kappa shape index (κ3) is 7.22. The van der Waals surface area contributed by atoms with Crippen LogP contribution < -0.4 is 10.1 Å². The van der Waals surface area contributed by atoms with Crippen LogP contribution in [0.2, 0.25) is 0 Å². The van der Waals surface area contributed by atoms with Crippen molar-refractivity contribution >= 4 is 5.97 Å². The fourth-order valence-electron chi connectivity index (χ4n) is 16.1. The van der Waals surface area contributed by atoms with Gasteiger partial charge in [-0.25, -0.2) is 0 Å². The Kier molecular flexibility index (Phi) is 12.0. The predicted molar refractivity (Wildman–Crippen MR) is 241 cm³/mol. The van der Waals surface area contributed by atoms with Crippen LogP contribution in [0.25, 0.3) is 0 Å². The van der Waals surface area contributed by atoms with E-state index in [1.807, 2.05) is 19.1 Å². The number of fused-ring (bicyclic) bond motifs is 7. The van der Waals surface area contributed by atoms with E-state index in [4.69, 9.17) is 9.47 Å². The van der Waals surface area contributed by atoms with Crippen molar-refractivity contribution in [3.63, 3.8) is 0 Å². The van der Waals surface area contributed by atoms with Crippen LogP contribution in [0, 0.1) is 62.6 Å². The van der Waals surface area contributed by atoms with Gasteiger partial charge in [-0.3, -0.25) is 9.78 Å². The van der Waals surface area contributed by atoms with E-state index in [1.165, 1.54) is 108 Å². The molecule has 1 aromatic rings. The molecule has 7 aliphatic rings. The Hall–Kier alpha value is -2.44. The number of likely N-dealkylation sites (tertiary alicyclic amines) is 1. The molecule has 10 atom stereocenters.